The second kappa shape index (κ2) is 6.87. The van der Waals surface area contributed by atoms with Crippen LogP contribution in [0.1, 0.15) is 24.7 Å². The zero-order valence-corrected chi connectivity index (χ0v) is 14.9. The van der Waals surface area contributed by atoms with Gasteiger partial charge in [0.1, 0.15) is 0 Å². The Kier molecular flexibility index (Phi) is 5.69. The Bertz CT molecular complexity index is 436. The van der Waals surface area contributed by atoms with Crippen molar-refractivity contribution in [2.75, 3.05) is 11.5 Å². The van der Waals surface area contributed by atoms with Crippen LogP contribution in [0.2, 0.25) is 0 Å². The molecule has 2 N–H and O–H groups in total. The van der Waals surface area contributed by atoms with Gasteiger partial charge in [0.2, 0.25) is 0 Å². The fourth-order valence-corrected chi connectivity index (χ4v) is 6.27. The van der Waals surface area contributed by atoms with Gasteiger partial charge in [0.15, 0.2) is 0 Å². The second-order valence-electron chi connectivity index (χ2n) is 4.99. The summed E-state index contributed by atoms with van der Waals surface area (Å²) in [5.74, 6) is 2.49. The quantitative estimate of drug-likeness (QED) is 0.892. The van der Waals surface area contributed by atoms with Gasteiger partial charge in [-0.15, -0.1) is 0 Å². The minimum absolute atomic E-state index is 0.203. The van der Waals surface area contributed by atoms with Crippen molar-refractivity contribution in [2.24, 2.45) is 12.8 Å². The maximum atomic E-state index is 6.50. The second-order valence-corrected chi connectivity index (χ2v) is 8.42. The highest BCUT2D eigenvalue weighted by molar-refractivity contribution is 9.10. The topological polar surface area (TPSA) is 43.8 Å². The maximum Gasteiger partial charge on any atom is 0.0738 e. The Morgan fingerprint density at radius 3 is 2.74 bits per heavy atom. The van der Waals surface area contributed by atoms with Gasteiger partial charge in [0, 0.05) is 41.5 Å². The molecule has 1 saturated heterocycles. The van der Waals surface area contributed by atoms with E-state index in [1.54, 1.807) is 0 Å². The number of aromatic nitrogens is 2. The summed E-state index contributed by atoms with van der Waals surface area (Å²) in [5.41, 5.74) is 8.76. The molecule has 0 amide bonds. The van der Waals surface area contributed by atoms with Crippen LogP contribution >= 0.6 is 39.5 Å². The fourth-order valence-electron chi connectivity index (χ4n) is 2.58. The number of rotatable bonds is 4. The summed E-state index contributed by atoms with van der Waals surface area (Å²) in [7, 11) is 2.00. The molecule has 2 rings (SSSR count). The molecular weight excluding hydrogens is 342 g/mol. The molecule has 0 saturated carbocycles. The molecule has 0 bridgehead atoms. The first-order valence-corrected chi connectivity index (χ1v) is 9.60. The van der Waals surface area contributed by atoms with Crippen molar-refractivity contribution in [1.29, 1.82) is 0 Å². The van der Waals surface area contributed by atoms with Crippen molar-refractivity contribution in [3.8, 4) is 0 Å². The summed E-state index contributed by atoms with van der Waals surface area (Å²) in [5, 5.41) is 5.71. The molecule has 2 heterocycles. The first-order valence-electron chi connectivity index (χ1n) is 6.71. The lowest BCUT2D eigenvalue weighted by molar-refractivity contribution is 0.570. The van der Waals surface area contributed by atoms with Crippen molar-refractivity contribution < 1.29 is 0 Å². The number of nitrogens with zero attached hydrogens (tertiary/aromatic N) is 2. The van der Waals surface area contributed by atoms with Crippen molar-refractivity contribution in [3.63, 3.8) is 0 Å². The summed E-state index contributed by atoms with van der Waals surface area (Å²) in [6.45, 7) is 4.30. The molecule has 108 valence electrons. The number of aryl methyl sites for hydroxylation is 2. The average molecular weight is 364 g/mol. The van der Waals surface area contributed by atoms with Gasteiger partial charge in [-0.3, -0.25) is 4.68 Å². The zero-order chi connectivity index (χ0) is 14.0. The molecule has 19 heavy (non-hydrogen) atoms. The van der Waals surface area contributed by atoms with Crippen LogP contribution in [-0.4, -0.2) is 37.8 Å². The molecule has 3 atom stereocenters. The first-order chi connectivity index (χ1) is 9.04. The number of hydrogen-bond donors (Lipinski definition) is 1. The van der Waals surface area contributed by atoms with Crippen LogP contribution in [0.15, 0.2) is 4.47 Å². The lowest BCUT2D eigenvalue weighted by Crippen LogP contribution is -2.43. The van der Waals surface area contributed by atoms with Gasteiger partial charge in [-0.25, -0.2) is 0 Å². The summed E-state index contributed by atoms with van der Waals surface area (Å²) in [4.78, 5) is 0. The number of thioether (sulfide) groups is 2. The lowest BCUT2D eigenvalue weighted by Gasteiger charge is -2.34. The number of nitrogens with two attached hydrogens (primary N) is 1. The predicted molar refractivity (Wildman–Crippen MR) is 90.1 cm³/mol. The molecule has 1 aliphatic rings. The van der Waals surface area contributed by atoms with Crippen LogP contribution in [-0.2, 0) is 13.5 Å². The van der Waals surface area contributed by atoms with Crippen LogP contribution in [0.3, 0.4) is 0 Å². The van der Waals surface area contributed by atoms with Gasteiger partial charge in [-0.05, 0) is 29.3 Å². The summed E-state index contributed by atoms with van der Waals surface area (Å²) >= 11 is 7.77. The molecule has 1 fully saturated rings. The molecule has 1 aromatic rings. The van der Waals surface area contributed by atoms with Crippen molar-refractivity contribution in [1.82, 2.24) is 9.78 Å². The largest absolute Gasteiger partial charge is 0.326 e. The van der Waals surface area contributed by atoms with Crippen molar-refractivity contribution in [2.45, 2.75) is 43.2 Å². The van der Waals surface area contributed by atoms with Crippen molar-refractivity contribution >= 4 is 39.5 Å². The average Bonchev–Trinajstić information content (AvgIpc) is 2.65. The summed E-state index contributed by atoms with van der Waals surface area (Å²) < 4.78 is 3.08. The van der Waals surface area contributed by atoms with Crippen LogP contribution < -0.4 is 5.73 Å². The third kappa shape index (κ3) is 3.52. The molecule has 0 radical (unpaired) electrons. The molecule has 6 heteroatoms. The van der Waals surface area contributed by atoms with Crippen LogP contribution in [0.5, 0.6) is 0 Å². The van der Waals surface area contributed by atoms with E-state index in [0.29, 0.717) is 10.5 Å². The van der Waals surface area contributed by atoms with E-state index >= 15 is 0 Å². The third-order valence-corrected chi connectivity index (χ3v) is 8.07. The molecule has 3 unspecified atom stereocenters. The van der Waals surface area contributed by atoms with Gasteiger partial charge >= 0.3 is 0 Å². The maximum absolute atomic E-state index is 6.50. The van der Waals surface area contributed by atoms with Gasteiger partial charge < -0.3 is 5.73 Å². The molecular formula is C13H22BrN3S2. The first kappa shape index (κ1) is 15.7. The highest BCUT2D eigenvalue weighted by Crippen LogP contribution is 2.36. The SMILES string of the molecule is CCC1SCCSC1C(N)Cc1c(Br)c(C)nn1C. The molecule has 1 aromatic heterocycles. The Labute approximate surface area is 132 Å². The minimum Gasteiger partial charge on any atom is -0.326 e. The molecule has 3 nitrogen and oxygen atoms in total. The van der Waals surface area contributed by atoms with E-state index in [9.17, 15) is 0 Å². The van der Waals surface area contributed by atoms with Gasteiger partial charge in [-0.2, -0.15) is 28.6 Å². The van der Waals surface area contributed by atoms with Gasteiger partial charge in [0.05, 0.1) is 15.9 Å². The number of hydrogen-bond acceptors (Lipinski definition) is 4. The fraction of sp³-hybridized carbons (Fsp3) is 0.769. The molecule has 0 aliphatic carbocycles. The van der Waals surface area contributed by atoms with E-state index in [1.165, 1.54) is 23.6 Å². The van der Waals surface area contributed by atoms with E-state index in [2.05, 4.69) is 51.5 Å². The lowest BCUT2D eigenvalue weighted by atomic mass is 10.0. The van der Waals surface area contributed by atoms with Crippen LogP contribution in [0.25, 0.3) is 0 Å². The smallest absolute Gasteiger partial charge is 0.0738 e. The molecule has 0 aromatic carbocycles. The highest BCUT2D eigenvalue weighted by atomic mass is 79.9. The molecule has 1 aliphatic heterocycles. The zero-order valence-electron chi connectivity index (χ0n) is 11.7. The standard InChI is InChI=1S/C13H22BrN3S2/c1-4-11-13(19-6-5-18-11)9(15)7-10-12(14)8(2)16-17(10)3/h9,11,13H,4-7,15H2,1-3H3. The van der Waals surface area contributed by atoms with Crippen LogP contribution in [0.4, 0.5) is 0 Å². The Hall–Kier alpha value is 0.350. The normalized spacial score (nSPS) is 25.5. The highest BCUT2D eigenvalue weighted by Gasteiger charge is 2.31. The third-order valence-electron chi connectivity index (χ3n) is 3.61. The monoisotopic (exact) mass is 363 g/mol. The summed E-state index contributed by atoms with van der Waals surface area (Å²) in [6, 6.07) is 0.203. The summed E-state index contributed by atoms with van der Waals surface area (Å²) in [6.07, 6.45) is 2.11. The Morgan fingerprint density at radius 2 is 2.16 bits per heavy atom. The Morgan fingerprint density at radius 1 is 1.47 bits per heavy atom. The van der Waals surface area contributed by atoms with Crippen molar-refractivity contribution in [3.05, 3.63) is 15.9 Å². The van der Waals surface area contributed by atoms with E-state index in [4.69, 9.17) is 5.73 Å². The van der Waals surface area contributed by atoms with Gasteiger partial charge in [0.25, 0.3) is 0 Å². The van der Waals surface area contributed by atoms with Gasteiger partial charge in [-0.1, -0.05) is 6.92 Å². The predicted octanol–water partition coefficient (Wildman–Crippen LogP) is 2.99. The van der Waals surface area contributed by atoms with Crippen LogP contribution in [0, 0.1) is 6.92 Å². The number of halogens is 1. The molecule has 0 spiro atoms. The van der Waals surface area contributed by atoms with E-state index in [0.717, 1.165) is 16.6 Å². The van der Waals surface area contributed by atoms with E-state index in [-0.39, 0.29) is 6.04 Å². The Balaban J connectivity index is 2.09. The minimum atomic E-state index is 0.203. The van der Waals surface area contributed by atoms with E-state index < -0.39 is 0 Å². The van der Waals surface area contributed by atoms with E-state index in [1.807, 2.05) is 18.7 Å².